The third-order valence-electron chi connectivity index (χ3n) is 3.74. The van der Waals surface area contributed by atoms with E-state index in [4.69, 9.17) is 5.11 Å². The summed E-state index contributed by atoms with van der Waals surface area (Å²) < 4.78 is 25.5. The molecule has 0 bridgehead atoms. The second-order valence-electron chi connectivity index (χ2n) is 5.16. The minimum atomic E-state index is -3.54. The van der Waals surface area contributed by atoms with Gasteiger partial charge in [-0.05, 0) is 44.2 Å². The number of benzene rings is 1. The van der Waals surface area contributed by atoms with Crippen molar-refractivity contribution in [1.82, 2.24) is 9.62 Å². The zero-order valence-corrected chi connectivity index (χ0v) is 13.0. The van der Waals surface area contributed by atoms with Crippen LogP contribution in [0.5, 0.6) is 0 Å². The molecule has 0 saturated carbocycles. The van der Waals surface area contributed by atoms with Crippen LogP contribution in [0.2, 0.25) is 0 Å². The lowest BCUT2D eigenvalue weighted by molar-refractivity contribution is -0.143. The molecule has 22 heavy (non-hydrogen) atoms. The van der Waals surface area contributed by atoms with Crippen LogP contribution in [0, 0.1) is 5.92 Å². The van der Waals surface area contributed by atoms with Crippen molar-refractivity contribution in [3.8, 4) is 0 Å². The molecule has 1 aliphatic rings. The minimum Gasteiger partial charge on any atom is -0.481 e. The van der Waals surface area contributed by atoms with Crippen LogP contribution in [-0.4, -0.2) is 50.4 Å². The summed E-state index contributed by atoms with van der Waals surface area (Å²) in [5.74, 6) is -1.71. The summed E-state index contributed by atoms with van der Waals surface area (Å²) in [5.41, 5.74) is 0.348. The molecule has 1 aliphatic heterocycles. The predicted octanol–water partition coefficient (Wildman–Crippen LogP) is 0.531. The summed E-state index contributed by atoms with van der Waals surface area (Å²) in [6.45, 7) is 0.698. The Kier molecular flexibility index (Phi) is 4.82. The van der Waals surface area contributed by atoms with Crippen molar-refractivity contribution in [2.45, 2.75) is 17.7 Å². The topological polar surface area (TPSA) is 104 Å². The summed E-state index contributed by atoms with van der Waals surface area (Å²) in [4.78, 5) is 25.0. The highest BCUT2D eigenvalue weighted by molar-refractivity contribution is 7.89. The summed E-state index contributed by atoms with van der Waals surface area (Å²) in [6, 6.07) is 5.60. The molecule has 2 N–H and O–H groups in total. The van der Waals surface area contributed by atoms with Gasteiger partial charge in [-0.2, -0.15) is 0 Å². The highest BCUT2D eigenvalue weighted by Gasteiger charge is 2.28. The molecule has 1 saturated heterocycles. The van der Waals surface area contributed by atoms with E-state index in [1.54, 1.807) is 0 Å². The lowest BCUT2D eigenvalue weighted by Gasteiger charge is -2.30. The Hall–Kier alpha value is -1.93. The first kappa shape index (κ1) is 16.4. The maximum absolute atomic E-state index is 12.4. The number of hydrogen-bond acceptors (Lipinski definition) is 4. The van der Waals surface area contributed by atoms with Crippen molar-refractivity contribution in [2.75, 3.05) is 20.1 Å². The normalized spacial score (nSPS) is 19.0. The van der Waals surface area contributed by atoms with Gasteiger partial charge in [0.05, 0.1) is 10.8 Å². The molecule has 7 nitrogen and oxygen atoms in total. The zero-order valence-electron chi connectivity index (χ0n) is 12.2. The molecule has 1 aromatic rings. The standard InChI is InChI=1S/C14H18N2O5S/c1-15-22(20,21)12-6-4-10(5-7-12)13(17)16-8-2-3-11(9-16)14(18)19/h4-7,11,15H,2-3,8-9H2,1H3,(H,18,19)/t11-/m0/s1. The van der Waals surface area contributed by atoms with Crippen molar-refractivity contribution < 1.29 is 23.1 Å². The van der Waals surface area contributed by atoms with E-state index in [1.165, 1.54) is 36.2 Å². The highest BCUT2D eigenvalue weighted by atomic mass is 32.2. The number of carboxylic acids is 1. The second kappa shape index (κ2) is 6.45. The summed E-state index contributed by atoms with van der Waals surface area (Å²) in [6.07, 6.45) is 1.22. The SMILES string of the molecule is CNS(=O)(=O)c1ccc(C(=O)N2CCC[C@H](C(=O)O)C2)cc1. The van der Waals surface area contributed by atoms with Crippen LogP contribution >= 0.6 is 0 Å². The third kappa shape index (κ3) is 3.45. The van der Waals surface area contributed by atoms with Gasteiger partial charge < -0.3 is 10.0 Å². The van der Waals surface area contributed by atoms with Gasteiger partial charge in [-0.25, -0.2) is 13.1 Å². The van der Waals surface area contributed by atoms with E-state index >= 15 is 0 Å². The molecule has 1 aromatic carbocycles. The Morgan fingerprint density at radius 2 is 1.91 bits per heavy atom. The molecule has 2 rings (SSSR count). The monoisotopic (exact) mass is 326 g/mol. The lowest BCUT2D eigenvalue weighted by Crippen LogP contribution is -2.42. The Labute approximate surface area is 129 Å². The number of carbonyl (C=O) groups excluding carboxylic acids is 1. The number of nitrogens with zero attached hydrogens (tertiary/aromatic N) is 1. The van der Waals surface area contributed by atoms with Crippen molar-refractivity contribution >= 4 is 21.9 Å². The van der Waals surface area contributed by atoms with Gasteiger partial charge in [0.2, 0.25) is 10.0 Å². The molecule has 8 heteroatoms. The highest BCUT2D eigenvalue weighted by Crippen LogP contribution is 2.19. The number of carboxylic acid groups (broad SMARTS) is 1. The number of aliphatic carboxylic acids is 1. The number of rotatable bonds is 4. The number of hydrogen-bond donors (Lipinski definition) is 2. The minimum absolute atomic E-state index is 0.0774. The van der Waals surface area contributed by atoms with E-state index in [-0.39, 0.29) is 17.3 Å². The van der Waals surface area contributed by atoms with Gasteiger partial charge in [-0.15, -0.1) is 0 Å². The number of piperidine rings is 1. The van der Waals surface area contributed by atoms with Gasteiger partial charge in [0.25, 0.3) is 5.91 Å². The smallest absolute Gasteiger partial charge is 0.308 e. The summed E-state index contributed by atoms with van der Waals surface area (Å²) in [7, 11) is -2.22. The van der Waals surface area contributed by atoms with Gasteiger partial charge in [0.1, 0.15) is 0 Å². The molecule has 0 radical (unpaired) electrons. The summed E-state index contributed by atoms with van der Waals surface area (Å²) in [5, 5.41) is 9.05. The Bertz CT molecular complexity index is 669. The average molecular weight is 326 g/mol. The molecule has 0 unspecified atom stereocenters. The summed E-state index contributed by atoms with van der Waals surface area (Å²) >= 11 is 0. The molecule has 1 atom stereocenters. The Balaban J connectivity index is 2.14. The first-order chi connectivity index (χ1) is 10.3. The molecule has 1 fully saturated rings. The molecular weight excluding hydrogens is 308 g/mol. The van der Waals surface area contributed by atoms with Gasteiger partial charge in [-0.1, -0.05) is 0 Å². The largest absolute Gasteiger partial charge is 0.481 e. The lowest BCUT2D eigenvalue weighted by atomic mass is 9.97. The first-order valence-electron chi connectivity index (χ1n) is 6.91. The maximum atomic E-state index is 12.4. The van der Waals surface area contributed by atoms with E-state index < -0.39 is 21.9 Å². The number of sulfonamides is 1. The van der Waals surface area contributed by atoms with E-state index in [0.717, 1.165) is 0 Å². The van der Waals surface area contributed by atoms with Crippen molar-refractivity contribution in [3.63, 3.8) is 0 Å². The quantitative estimate of drug-likeness (QED) is 0.840. The molecule has 120 valence electrons. The average Bonchev–Trinajstić information content (AvgIpc) is 2.54. The van der Waals surface area contributed by atoms with Gasteiger partial charge in [-0.3, -0.25) is 9.59 Å². The Morgan fingerprint density at radius 1 is 1.27 bits per heavy atom. The van der Waals surface area contributed by atoms with Crippen LogP contribution in [0.1, 0.15) is 23.2 Å². The first-order valence-corrected chi connectivity index (χ1v) is 8.39. The molecule has 0 spiro atoms. The van der Waals surface area contributed by atoms with Crippen LogP contribution in [0.15, 0.2) is 29.2 Å². The number of nitrogens with one attached hydrogen (secondary N) is 1. The molecule has 1 amide bonds. The third-order valence-corrected chi connectivity index (χ3v) is 5.17. The van der Waals surface area contributed by atoms with E-state index in [0.29, 0.717) is 24.9 Å². The fourth-order valence-corrected chi connectivity index (χ4v) is 3.17. The van der Waals surface area contributed by atoms with Crippen LogP contribution < -0.4 is 4.72 Å². The predicted molar refractivity (Wildman–Crippen MR) is 79.0 cm³/mol. The number of likely N-dealkylation sites (tertiary alicyclic amines) is 1. The molecule has 0 aliphatic carbocycles. The van der Waals surface area contributed by atoms with Crippen molar-refractivity contribution in [3.05, 3.63) is 29.8 Å². The zero-order chi connectivity index (χ0) is 16.3. The second-order valence-corrected chi connectivity index (χ2v) is 7.05. The number of carbonyl (C=O) groups is 2. The molecule has 1 heterocycles. The molecule has 0 aromatic heterocycles. The van der Waals surface area contributed by atoms with Crippen molar-refractivity contribution in [2.24, 2.45) is 5.92 Å². The number of amides is 1. The van der Waals surface area contributed by atoms with Crippen LogP contribution in [0.4, 0.5) is 0 Å². The van der Waals surface area contributed by atoms with Crippen LogP contribution in [-0.2, 0) is 14.8 Å². The molecular formula is C14H18N2O5S. The fraction of sp³-hybridized carbons (Fsp3) is 0.429. The van der Waals surface area contributed by atoms with E-state index in [9.17, 15) is 18.0 Å². The van der Waals surface area contributed by atoms with Crippen molar-refractivity contribution in [1.29, 1.82) is 0 Å². The maximum Gasteiger partial charge on any atom is 0.308 e. The van der Waals surface area contributed by atoms with Gasteiger partial charge >= 0.3 is 5.97 Å². The van der Waals surface area contributed by atoms with E-state index in [1.807, 2.05) is 0 Å². The van der Waals surface area contributed by atoms with Gasteiger partial charge in [0, 0.05) is 18.7 Å². The van der Waals surface area contributed by atoms with Crippen LogP contribution in [0.3, 0.4) is 0 Å². The fourth-order valence-electron chi connectivity index (χ4n) is 2.44. The van der Waals surface area contributed by atoms with E-state index in [2.05, 4.69) is 4.72 Å². The van der Waals surface area contributed by atoms with Gasteiger partial charge in [0.15, 0.2) is 0 Å². The Morgan fingerprint density at radius 3 is 2.45 bits per heavy atom. The van der Waals surface area contributed by atoms with Crippen LogP contribution in [0.25, 0.3) is 0 Å².